The lowest BCUT2D eigenvalue weighted by Gasteiger charge is -2.33. The smallest absolute Gasteiger partial charge is 0.410 e. The van der Waals surface area contributed by atoms with Crippen LogP contribution < -0.4 is 5.32 Å². The summed E-state index contributed by atoms with van der Waals surface area (Å²) in [5.41, 5.74) is -1.07. The number of hydrogen-bond acceptors (Lipinski definition) is 7. The van der Waals surface area contributed by atoms with Gasteiger partial charge in [-0.05, 0) is 73.1 Å². The number of hydrogen-bond donors (Lipinski definition) is 1. The molecule has 3 amide bonds. The van der Waals surface area contributed by atoms with Crippen molar-refractivity contribution in [2.24, 2.45) is 5.92 Å². The van der Waals surface area contributed by atoms with Gasteiger partial charge in [0.1, 0.15) is 17.8 Å². The maximum Gasteiger partial charge on any atom is 0.410 e. The van der Waals surface area contributed by atoms with Crippen molar-refractivity contribution in [1.29, 1.82) is 0 Å². The fraction of sp³-hybridized carbons (Fsp3) is 0.840. The molecule has 0 spiro atoms. The van der Waals surface area contributed by atoms with Crippen molar-refractivity contribution in [3.63, 3.8) is 0 Å². The zero-order valence-corrected chi connectivity index (χ0v) is 22.2. The first-order valence-electron chi connectivity index (χ1n) is 12.6. The van der Waals surface area contributed by atoms with Crippen LogP contribution in [0.1, 0.15) is 73.6 Å². The molecule has 2 aliphatic rings. The zero-order valence-electron chi connectivity index (χ0n) is 22.2. The molecule has 2 rings (SSSR count). The molecular formula is C25H43N3O7. The van der Waals surface area contributed by atoms with Crippen LogP contribution in [0.15, 0.2) is 0 Å². The van der Waals surface area contributed by atoms with E-state index < -0.39 is 17.2 Å². The Balaban J connectivity index is 1.60. The fourth-order valence-electron chi connectivity index (χ4n) is 4.10. The summed E-state index contributed by atoms with van der Waals surface area (Å²) in [7, 11) is 0. The van der Waals surface area contributed by atoms with E-state index in [0.29, 0.717) is 45.4 Å². The molecule has 35 heavy (non-hydrogen) atoms. The zero-order chi connectivity index (χ0) is 26.2. The molecule has 2 fully saturated rings. The highest BCUT2D eigenvalue weighted by atomic mass is 16.6. The minimum Gasteiger partial charge on any atom is -0.458 e. The van der Waals surface area contributed by atoms with Crippen molar-refractivity contribution < 1.29 is 33.4 Å². The SMILES string of the molecule is CC(C)(C)OC(=O)COC1CCN(C(=O)CNC(=O)CC2CCN(C(=O)OC(C)(C)C)CC2)CC1. The van der Waals surface area contributed by atoms with E-state index in [2.05, 4.69) is 5.32 Å². The van der Waals surface area contributed by atoms with Crippen molar-refractivity contribution in [3.05, 3.63) is 0 Å². The van der Waals surface area contributed by atoms with Gasteiger partial charge in [-0.3, -0.25) is 9.59 Å². The number of nitrogens with zero attached hydrogens (tertiary/aromatic N) is 2. The summed E-state index contributed by atoms with van der Waals surface area (Å²) in [5, 5.41) is 2.74. The molecule has 0 atom stereocenters. The number of esters is 1. The highest BCUT2D eigenvalue weighted by Crippen LogP contribution is 2.22. The van der Waals surface area contributed by atoms with E-state index in [0.717, 1.165) is 12.8 Å². The molecule has 0 saturated carbocycles. The van der Waals surface area contributed by atoms with Gasteiger partial charge in [0.05, 0.1) is 12.6 Å². The third-order valence-electron chi connectivity index (χ3n) is 5.83. The molecule has 2 aliphatic heterocycles. The standard InChI is InChI=1S/C25H43N3O7/c1-24(2,3)34-22(31)17-33-19-9-13-27(14-10-19)21(30)16-26-20(29)15-18-7-11-28(12-8-18)23(32)35-25(4,5)6/h18-19H,7-17H2,1-6H3,(H,26,29). The topological polar surface area (TPSA) is 114 Å². The first-order valence-corrected chi connectivity index (χ1v) is 12.6. The van der Waals surface area contributed by atoms with Crippen LogP contribution >= 0.6 is 0 Å². The Bertz CT molecular complexity index is 741. The largest absolute Gasteiger partial charge is 0.458 e. The number of nitrogens with one attached hydrogen (secondary N) is 1. The summed E-state index contributed by atoms with van der Waals surface area (Å²) in [6.07, 6.45) is 2.68. The highest BCUT2D eigenvalue weighted by Gasteiger charge is 2.29. The van der Waals surface area contributed by atoms with Gasteiger partial charge in [-0.25, -0.2) is 9.59 Å². The van der Waals surface area contributed by atoms with Crippen LogP contribution in [-0.4, -0.2) is 90.3 Å². The van der Waals surface area contributed by atoms with E-state index in [9.17, 15) is 19.2 Å². The molecule has 10 nitrogen and oxygen atoms in total. The number of amides is 3. The van der Waals surface area contributed by atoms with Crippen LogP contribution in [0.5, 0.6) is 0 Å². The number of carbonyl (C=O) groups is 4. The first-order chi connectivity index (χ1) is 16.2. The predicted octanol–water partition coefficient (Wildman–Crippen LogP) is 2.49. The number of rotatable bonds is 7. The minimum absolute atomic E-state index is 0.0288. The van der Waals surface area contributed by atoms with Gasteiger partial charge in [0, 0.05) is 32.6 Å². The summed E-state index contributed by atoms with van der Waals surface area (Å²) in [6, 6.07) is 0. The molecule has 2 saturated heterocycles. The summed E-state index contributed by atoms with van der Waals surface area (Å²) in [5.74, 6) is -0.482. The van der Waals surface area contributed by atoms with E-state index >= 15 is 0 Å². The lowest BCUT2D eigenvalue weighted by atomic mass is 9.93. The molecule has 10 heteroatoms. The Hall–Kier alpha value is -2.36. The van der Waals surface area contributed by atoms with Crippen LogP contribution in [-0.2, 0) is 28.6 Å². The molecule has 0 radical (unpaired) electrons. The Labute approximate surface area is 209 Å². The van der Waals surface area contributed by atoms with E-state index in [4.69, 9.17) is 14.2 Å². The monoisotopic (exact) mass is 497 g/mol. The Kier molecular flexibility index (Phi) is 10.4. The van der Waals surface area contributed by atoms with Gasteiger partial charge in [0.2, 0.25) is 11.8 Å². The van der Waals surface area contributed by atoms with Gasteiger partial charge in [0.25, 0.3) is 0 Å². The number of carbonyl (C=O) groups excluding carboxylic acids is 4. The molecule has 0 bridgehead atoms. The molecule has 200 valence electrons. The van der Waals surface area contributed by atoms with E-state index in [1.807, 2.05) is 41.5 Å². The van der Waals surface area contributed by atoms with Crippen molar-refractivity contribution in [1.82, 2.24) is 15.1 Å². The summed E-state index contributed by atoms with van der Waals surface area (Å²) >= 11 is 0. The quantitative estimate of drug-likeness (QED) is 0.538. The third-order valence-corrected chi connectivity index (χ3v) is 5.83. The molecule has 0 aromatic heterocycles. The van der Waals surface area contributed by atoms with Crippen LogP contribution in [0.4, 0.5) is 4.79 Å². The van der Waals surface area contributed by atoms with E-state index in [1.54, 1.807) is 9.80 Å². The number of likely N-dealkylation sites (tertiary alicyclic amines) is 2. The molecule has 2 heterocycles. The average Bonchev–Trinajstić information content (AvgIpc) is 2.74. The minimum atomic E-state index is -0.544. The van der Waals surface area contributed by atoms with Gasteiger partial charge < -0.3 is 29.3 Å². The molecule has 0 aromatic carbocycles. The summed E-state index contributed by atoms with van der Waals surface area (Å²) < 4.78 is 16.3. The molecular weight excluding hydrogens is 454 g/mol. The third kappa shape index (κ3) is 11.3. The first kappa shape index (κ1) is 28.9. The second kappa shape index (κ2) is 12.6. The fourth-order valence-corrected chi connectivity index (χ4v) is 4.10. The lowest BCUT2D eigenvalue weighted by molar-refractivity contribution is -0.163. The van der Waals surface area contributed by atoms with E-state index in [-0.39, 0.29) is 43.1 Å². The Morgan fingerprint density at radius 2 is 1.34 bits per heavy atom. The van der Waals surface area contributed by atoms with Crippen molar-refractivity contribution in [2.45, 2.75) is 91.0 Å². The van der Waals surface area contributed by atoms with Crippen LogP contribution in [0.25, 0.3) is 0 Å². The van der Waals surface area contributed by atoms with E-state index in [1.165, 1.54) is 0 Å². The Morgan fingerprint density at radius 1 is 0.800 bits per heavy atom. The number of piperidine rings is 2. The summed E-state index contributed by atoms with van der Waals surface area (Å²) in [4.78, 5) is 52.2. The van der Waals surface area contributed by atoms with Crippen LogP contribution in [0.3, 0.4) is 0 Å². The van der Waals surface area contributed by atoms with Crippen LogP contribution in [0.2, 0.25) is 0 Å². The van der Waals surface area contributed by atoms with Gasteiger partial charge >= 0.3 is 12.1 Å². The molecule has 1 N–H and O–H groups in total. The predicted molar refractivity (Wildman–Crippen MR) is 130 cm³/mol. The maximum absolute atomic E-state index is 12.5. The second-order valence-electron chi connectivity index (χ2n) is 11.4. The summed E-state index contributed by atoms with van der Waals surface area (Å²) in [6.45, 7) is 13.0. The lowest BCUT2D eigenvalue weighted by Crippen LogP contribution is -2.46. The van der Waals surface area contributed by atoms with Crippen molar-refractivity contribution in [3.8, 4) is 0 Å². The average molecular weight is 498 g/mol. The molecule has 0 unspecified atom stereocenters. The van der Waals surface area contributed by atoms with Gasteiger partial charge in [-0.2, -0.15) is 0 Å². The normalized spacial score (nSPS) is 18.2. The maximum atomic E-state index is 12.5. The van der Waals surface area contributed by atoms with Crippen LogP contribution in [0, 0.1) is 5.92 Å². The van der Waals surface area contributed by atoms with Crippen molar-refractivity contribution in [2.75, 3.05) is 39.3 Å². The van der Waals surface area contributed by atoms with Gasteiger partial charge in [0.15, 0.2) is 0 Å². The van der Waals surface area contributed by atoms with Gasteiger partial charge in [-0.15, -0.1) is 0 Å². The second-order valence-corrected chi connectivity index (χ2v) is 11.4. The highest BCUT2D eigenvalue weighted by molar-refractivity contribution is 5.84. The van der Waals surface area contributed by atoms with Gasteiger partial charge in [-0.1, -0.05) is 0 Å². The van der Waals surface area contributed by atoms with Crippen molar-refractivity contribution >= 4 is 23.9 Å². The molecule has 0 aromatic rings. The molecule has 0 aliphatic carbocycles. The Morgan fingerprint density at radius 3 is 1.89 bits per heavy atom. The number of ether oxygens (including phenoxy) is 3.